The fourth-order valence-corrected chi connectivity index (χ4v) is 2.90. The monoisotopic (exact) mass is 288 g/mol. The summed E-state index contributed by atoms with van der Waals surface area (Å²) in [4.78, 5) is 11.1. The molecule has 0 spiro atoms. The van der Waals surface area contributed by atoms with Gasteiger partial charge in [0, 0.05) is 19.5 Å². The van der Waals surface area contributed by atoms with E-state index in [2.05, 4.69) is 0 Å². The lowest BCUT2D eigenvalue weighted by atomic mass is 10.2. The molecule has 0 bridgehead atoms. The number of halogens is 1. The van der Waals surface area contributed by atoms with Crippen LogP contribution in [0.1, 0.15) is 10.5 Å². The van der Waals surface area contributed by atoms with Gasteiger partial charge in [-0.25, -0.2) is 4.79 Å². The van der Waals surface area contributed by atoms with Gasteiger partial charge in [0.25, 0.3) is 0 Å². The summed E-state index contributed by atoms with van der Waals surface area (Å²) in [5.41, 5.74) is 2.99. The lowest BCUT2D eigenvalue weighted by Crippen LogP contribution is -2.06. The number of para-hydroxylation sites is 1. The molecule has 102 valence electrons. The third kappa shape index (κ3) is 1.72. The Balaban J connectivity index is 2.28. The molecule has 3 rings (SSSR count). The summed E-state index contributed by atoms with van der Waals surface area (Å²) in [5.74, 6) is -0.935. The van der Waals surface area contributed by atoms with Gasteiger partial charge in [0.2, 0.25) is 0 Å². The molecule has 2 heterocycles. The lowest BCUT2D eigenvalue weighted by Gasteiger charge is -2.07. The topological polar surface area (TPSA) is 47.2 Å². The minimum atomic E-state index is -0.935. The van der Waals surface area contributed by atoms with Crippen molar-refractivity contribution in [1.29, 1.82) is 0 Å². The van der Waals surface area contributed by atoms with Gasteiger partial charge < -0.3 is 14.2 Å². The van der Waals surface area contributed by atoms with E-state index >= 15 is 0 Å². The number of hydrogen-bond acceptors (Lipinski definition) is 1. The third-order valence-electron chi connectivity index (χ3n) is 3.61. The molecule has 20 heavy (non-hydrogen) atoms. The largest absolute Gasteiger partial charge is 0.477 e. The van der Waals surface area contributed by atoms with Crippen molar-refractivity contribution in [2.75, 3.05) is 0 Å². The predicted molar refractivity (Wildman–Crippen MR) is 79.3 cm³/mol. The average molecular weight is 289 g/mol. The highest BCUT2D eigenvalue weighted by Gasteiger charge is 2.16. The first-order chi connectivity index (χ1) is 9.50. The molecular formula is C15H13ClN2O2. The van der Waals surface area contributed by atoms with E-state index < -0.39 is 5.97 Å². The van der Waals surface area contributed by atoms with Gasteiger partial charge in [-0.05, 0) is 24.3 Å². The van der Waals surface area contributed by atoms with E-state index in [1.54, 1.807) is 17.7 Å². The molecule has 0 fully saturated rings. The smallest absolute Gasteiger partial charge is 0.352 e. The highest BCUT2D eigenvalue weighted by Crippen LogP contribution is 2.31. The van der Waals surface area contributed by atoms with Crippen molar-refractivity contribution in [3.8, 4) is 11.4 Å². The Morgan fingerprint density at radius 3 is 2.45 bits per heavy atom. The maximum Gasteiger partial charge on any atom is 0.352 e. The molecule has 0 amide bonds. The highest BCUT2D eigenvalue weighted by molar-refractivity contribution is 6.35. The van der Waals surface area contributed by atoms with Crippen molar-refractivity contribution in [1.82, 2.24) is 9.13 Å². The van der Waals surface area contributed by atoms with Crippen LogP contribution in [0, 0.1) is 0 Å². The van der Waals surface area contributed by atoms with Crippen molar-refractivity contribution in [2.24, 2.45) is 14.1 Å². The first-order valence-corrected chi connectivity index (χ1v) is 6.52. The Kier molecular flexibility index (Phi) is 2.83. The molecule has 0 aliphatic carbocycles. The van der Waals surface area contributed by atoms with E-state index in [9.17, 15) is 4.79 Å². The van der Waals surface area contributed by atoms with Crippen molar-refractivity contribution in [3.05, 3.63) is 47.1 Å². The number of hydrogen-bond donors (Lipinski definition) is 1. The molecular weight excluding hydrogens is 276 g/mol. The van der Waals surface area contributed by atoms with E-state index in [0.717, 1.165) is 22.3 Å². The van der Waals surface area contributed by atoms with Crippen LogP contribution in [0.15, 0.2) is 36.4 Å². The fraction of sp³-hybridized carbons (Fsp3) is 0.133. The third-order valence-corrected chi connectivity index (χ3v) is 3.92. The Labute approximate surface area is 120 Å². The molecule has 0 atom stereocenters. The molecule has 3 aromatic rings. The first kappa shape index (κ1) is 12.8. The van der Waals surface area contributed by atoms with Crippen LogP contribution < -0.4 is 0 Å². The summed E-state index contributed by atoms with van der Waals surface area (Å²) >= 11 is 6.24. The second-order valence-electron chi connectivity index (χ2n) is 4.73. The highest BCUT2D eigenvalue weighted by atomic mass is 35.5. The van der Waals surface area contributed by atoms with Crippen LogP contribution in [0.5, 0.6) is 0 Å². The van der Waals surface area contributed by atoms with Gasteiger partial charge in [0.15, 0.2) is 0 Å². The van der Waals surface area contributed by atoms with Crippen LogP contribution in [-0.4, -0.2) is 20.2 Å². The van der Waals surface area contributed by atoms with Gasteiger partial charge in [-0.1, -0.05) is 23.7 Å². The van der Waals surface area contributed by atoms with Crippen LogP contribution in [0.3, 0.4) is 0 Å². The zero-order valence-corrected chi connectivity index (χ0v) is 11.8. The number of aromatic carboxylic acids is 1. The molecule has 0 unspecified atom stereocenters. The van der Waals surface area contributed by atoms with Gasteiger partial charge in [-0.3, -0.25) is 0 Å². The van der Waals surface area contributed by atoms with Crippen molar-refractivity contribution in [2.45, 2.75) is 0 Å². The average Bonchev–Trinajstić information content (AvgIpc) is 2.91. The van der Waals surface area contributed by atoms with Gasteiger partial charge in [-0.2, -0.15) is 0 Å². The van der Waals surface area contributed by atoms with Gasteiger partial charge in [0.1, 0.15) is 5.69 Å². The number of fused-ring (bicyclic) bond motifs is 1. The number of aryl methyl sites for hydroxylation is 1. The Bertz CT molecular complexity index is 830. The Morgan fingerprint density at radius 2 is 1.85 bits per heavy atom. The quantitative estimate of drug-likeness (QED) is 0.784. The van der Waals surface area contributed by atoms with Crippen LogP contribution in [0.2, 0.25) is 5.02 Å². The number of benzene rings is 1. The molecule has 1 aromatic carbocycles. The number of aromatic nitrogens is 2. The molecule has 2 aromatic heterocycles. The van der Waals surface area contributed by atoms with Gasteiger partial charge in [-0.15, -0.1) is 0 Å². The zero-order chi connectivity index (χ0) is 14.4. The number of carboxylic acids is 1. The van der Waals surface area contributed by atoms with E-state index in [0.29, 0.717) is 5.02 Å². The summed E-state index contributed by atoms with van der Waals surface area (Å²) in [6.07, 6.45) is 0. The molecule has 1 N–H and O–H groups in total. The van der Waals surface area contributed by atoms with Crippen LogP contribution in [0.25, 0.3) is 22.3 Å². The summed E-state index contributed by atoms with van der Waals surface area (Å²) in [5, 5.41) is 10.8. The number of rotatable bonds is 2. The van der Waals surface area contributed by atoms with Crippen molar-refractivity contribution < 1.29 is 9.90 Å². The molecule has 0 saturated heterocycles. The molecule has 0 saturated carbocycles. The van der Waals surface area contributed by atoms with Crippen LogP contribution in [-0.2, 0) is 14.1 Å². The maximum absolute atomic E-state index is 11.1. The Hall–Kier alpha value is -2.20. The number of carboxylic acid groups (broad SMARTS) is 1. The first-order valence-electron chi connectivity index (χ1n) is 6.14. The number of carbonyl (C=O) groups is 1. The Morgan fingerprint density at radius 1 is 1.10 bits per heavy atom. The summed E-state index contributed by atoms with van der Waals surface area (Å²) in [6.45, 7) is 0. The molecule has 0 aliphatic heterocycles. The van der Waals surface area contributed by atoms with Gasteiger partial charge in [0.05, 0.1) is 21.9 Å². The van der Waals surface area contributed by atoms with E-state index in [4.69, 9.17) is 16.7 Å². The second kappa shape index (κ2) is 4.42. The second-order valence-corrected chi connectivity index (χ2v) is 5.14. The van der Waals surface area contributed by atoms with E-state index in [1.807, 2.05) is 41.9 Å². The van der Waals surface area contributed by atoms with E-state index in [1.165, 1.54) is 0 Å². The van der Waals surface area contributed by atoms with E-state index in [-0.39, 0.29) is 5.69 Å². The molecule has 0 aliphatic rings. The summed E-state index contributed by atoms with van der Waals surface area (Å²) in [7, 11) is 3.68. The predicted octanol–water partition coefficient (Wildman–Crippen LogP) is 3.54. The number of nitrogens with zero attached hydrogens (tertiary/aromatic N) is 2. The van der Waals surface area contributed by atoms with Crippen molar-refractivity contribution in [3.63, 3.8) is 0 Å². The normalized spacial score (nSPS) is 11.2. The van der Waals surface area contributed by atoms with Gasteiger partial charge >= 0.3 is 5.97 Å². The molecule has 4 nitrogen and oxygen atoms in total. The minimum Gasteiger partial charge on any atom is -0.477 e. The lowest BCUT2D eigenvalue weighted by molar-refractivity contribution is 0.0687. The van der Waals surface area contributed by atoms with Crippen LogP contribution in [0.4, 0.5) is 0 Å². The maximum atomic E-state index is 11.1. The SMILES string of the molecule is Cn1c(C(=O)O)ccc1-c1cc2cccc(Cl)c2n1C. The van der Waals surface area contributed by atoms with Crippen molar-refractivity contribution >= 4 is 28.5 Å². The minimum absolute atomic E-state index is 0.261. The fourth-order valence-electron chi connectivity index (χ4n) is 2.60. The summed E-state index contributed by atoms with van der Waals surface area (Å²) in [6, 6.07) is 11.2. The standard InChI is InChI=1S/C15H13ClN2O2/c1-17-11(6-7-12(17)15(19)20)13-8-9-4-3-5-10(16)14(9)18(13)2/h3-8H,1-2H3,(H,19,20). The zero-order valence-electron chi connectivity index (χ0n) is 11.1. The van der Waals surface area contributed by atoms with Crippen LogP contribution >= 0.6 is 11.6 Å². The molecule has 5 heteroatoms. The molecule has 0 radical (unpaired) electrons. The summed E-state index contributed by atoms with van der Waals surface area (Å²) < 4.78 is 3.66.